The summed E-state index contributed by atoms with van der Waals surface area (Å²) in [6.45, 7) is 3.67. The van der Waals surface area contributed by atoms with Crippen LogP contribution in [0, 0.1) is 12.8 Å². The van der Waals surface area contributed by atoms with Crippen molar-refractivity contribution in [3.8, 4) is 0 Å². The van der Waals surface area contributed by atoms with E-state index < -0.39 is 5.51 Å². The van der Waals surface area contributed by atoms with E-state index in [9.17, 15) is 22.8 Å². The molecule has 0 saturated carbocycles. The fraction of sp³-hybridized carbons (Fsp3) is 0.387. The second-order valence-electron chi connectivity index (χ2n) is 10.0. The molecule has 2 aliphatic rings. The number of methoxy groups -OCH3 is 1. The summed E-state index contributed by atoms with van der Waals surface area (Å²) in [6.07, 6.45) is 10.2. The largest absolute Gasteiger partial charge is 0.446 e. The molecule has 0 radical (unpaired) electrons. The average molecular weight is 571 g/mol. The van der Waals surface area contributed by atoms with Gasteiger partial charge in [0.05, 0.1) is 6.61 Å². The summed E-state index contributed by atoms with van der Waals surface area (Å²) in [5.74, 6) is 0.182. The Hall–Kier alpha value is -3.26. The SMILES string of the molecule is COCCNC(=O)c1ccc2c(c1C)=CN(CC1CCC=C(C(=O)c3ccc(SC(F)(F)F)cc3)CCC1)C=C=2. The second-order valence-corrected chi connectivity index (χ2v) is 11.2. The van der Waals surface area contributed by atoms with Crippen LogP contribution in [0.25, 0.3) is 11.9 Å². The van der Waals surface area contributed by atoms with E-state index in [2.05, 4.69) is 22.1 Å². The van der Waals surface area contributed by atoms with Crippen molar-refractivity contribution < 1.29 is 27.5 Å². The zero-order chi connectivity index (χ0) is 28.7. The Morgan fingerprint density at radius 1 is 1.15 bits per heavy atom. The lowest BCUT2D eigenvalue weighted by molar-refractivity contribution is -0.0328. The van der Waals surface area contributed by atoms with Gasteiger partial charge in [-0.25, -0.2) is 0 Å². The first-order valence-electron chi connectivity index (χ1n) is 13.4. The van der Waals surface area contributed by atoms with Crippen molar-refractivity contribution in [1.29, 1.82) is 0 Å². The number of alkyl halides is 3. The molecule has 0 saturated heterocycles. The molecule has 1 unspecified atom stereocenters. The van der Waals surface area contributed by atoms with Gasteiger partial charge < -0.3 is 15.0 Å². The lowest BCUT2D eigenvalue weighted by Gasteiger charge is -2.25. The molecule has 2 aromatic rings. The van der Waals surface area contributed by atoms with E-state index in [0.29, 0.717) is 36.6 Å². The molecule has 1 aliphatic carbocycles. The van der Waals surface area contributed by atoms with Gasteiger partial charge in [0.1, 0.15) is 0 Å². The summed E-state index contributed by atoms with van der Waals surface area (Å²) in [7, 11) is 1.60. The number of carbonyl (C=O) groups is 2. The summed E-state index contributed by atoms with van der Waals surface area (Å²) < 4.78 is 42.8. The highest BCUT2D eigenvalue weighted by atomic mass is 32.2. The minimum absolute atomic E-state index is 0.0683. The number of hydrogen-bond donors (Lipinski definition) is 1. The molecular formula is C31H33F3N2O3S. The smallest absolute Gasteiger partial charge is 0.383 e. The second kappa shape index (κ2) is 13.4. The highest BCUT2D eigenvalue weighted by Gasteiger charge is 2.29. The third-order valence-electron chi connectivity index (χ3n) is 7.17. The molecule has 1 amide bonds. The maximum Gasteiger partial charge on any atom is 0.446 e. The van der Waals surface area contributed by atoms with Crippen LogP contribution in [0.3, 0.4) is 0 Å². The number of fused-ring (bicyclic) bond motifs is 1. The van der Waals surface area contributed by atoms with E-state index in [4.69, 9.17) is 4.74 Å². The summed E-state index contributed by atoms with van der Waals surface area (Å²) >= 11 is -0.182. The lowest BCUT2D eigenvalue weighted by Crippen LogP contribution is -2.37. The van der Waals surface area contributed by atoms with Crippen LogP contribution in [0.5, 0.6) is 0 Å². The van der Waals surface area contributed by atoms with Crippen molar-refractivity contribution in [2.45, 2.75) is 49.4 Å². The van der Waals surface area contributed by atoms with Gasteiger partial charge in [0.2, 0.25) is 0 Å². The maximum absolute atomic E-state index is 13.0. The number of carbonyl (C=O) groups excluding carboxylic acids is 2. The molecule has 2 aromatic carbocycles. The number of nitrogens with zero attached hydrogens (tertiary/aromatic N) is 1. The Labute approximate surface area is 236 Å². The predicted octanol–water partition coefficient (Wildman–Crippen LogP) is 5.32. The fourth-order valence-corrected chi connectivity index (χ4v) is 5.63. The Morgan fingerprint density at radius 2 is 1.93 bits per heavy atom. The summed E-state index contributed by atoms with van der Waals surface area (Å²) in [4.78, 5) is 27.8. The molecule has 4 rings (SSSR count). The number of hydrogen-bond acceptors (Lipinski definition) is 5. The van der Waals surface area contributed by atoms with Crippen molar-refractivity contribution in [3.63, 3.8) is 0 Å². The first-order valence-corrected chi connectivity index (χ1v) is 14.2. The van der Waals surface area contributed by atoms with E-state index in [0.717, 1.165) is 53.8 Å². The topological polar surface area (TPSA) is 58.6 Å². The van der Waals surface area contributed by atoms with Gasteiger partial charge in [-0.3, -0.25) is 9.59 Å². The van der Waals surface area contributed by atoms with Crippen LogP contribution in [0.4, 0.5) is 13.2 Å². The van der Waals surface area contributed by atoms with Crippen LogP contribution in [0.15, 0.2) is 59.1 Å². The molecule has 0 fully saturated rings. The Bertz CT molecular complexity index is 1430. The molecule has 1 N–H and O–H groups in total. The van der Waals surface area contributed by atoms with Gasteiger partial charge in [-0.15, -0.1) is 0 Å². The number of thioether (sulfide) groups is 1. The number of nitrogens with one attached hydrogen (secondary N) is 1. The number of halogens is 3. The van der Waals surface area contributed by atoms with Crippen LogP contribution in [0.2, 0.25) is 0 Å². The zero-order valence-corrected chi connectivity index (χ0v) is 23.5. The molecule has 5 nitrogen and oxygen atoms in total. The van der Waals surface area contributed by atoms with Crippen LogP contribution < -0.4 is 15.8 Å². The predicted molar refractivity (Wildman–Crippen MR) is 151 cm³/mol. The van der Waals surface area contributed by atoms with Crippen molar-refractivity contribution in [2.75, 3.05) is 26.8 Å². The number of benzene rings is 2. The Balaban J connectivity index is 1.38. The molecule has 1 heterocycles. The van der Waals surface area contributed by atoms with Crippen molar-refractivity contribution in [1.82, 2.24) is 10.2 Å². The van der Waals surface area contributed by atoms with Crippen LogP contribution >= 0.6 is 11.8 Å². The van der Waals surface area contributed by atoms with Gasteiger partial charge in [-0.2, -0.15) is 13.2 Å². The molecule has 40 heavy (non-hydrogen) atoms. The van der Waals surface area contributed by atoms with Gasteiger partial charge in [0.25, 0.3) is 5.91 Å². The normalized spacial score (nSPS) is 17.1. The zero-order valence-electron chi connectivity index (χ0n) is 22.6. The van der Waals surface area contributed by atoms with Crippen molar-refractivity contribution in [3.05, 3.63) is 81.4 Å². The van der Waals surface area contributed by atoms with Gasteiger partial charge in [-0.1, -0.05) is 11.8 Å². The monoisotopic (exact) mass is 570 g/mol. The molecule has 1 atom stereocenters. The van der Waals surface area contributed by atoms with Gasteiger partial charge in [0, 0.05) is 59.1 Å². The quantitative estimate of drug-likeness (QED) is 0.251. The first-order chi connectivity index (χ1) is 19.1. The van der Waals surface area contributed by atoms with Crippen LogP contribution in [-0.2, 0) is 4.74 Å². The summed E-state index contributed by atoms with van der Waals surface area (Å²) in [5, 5.41) is 4.82. The molecule has 1 aliphatic heterocycles. The summed E-state index contributed by atoms with van der Waals surface area (Å²) in [6, 6.07) is 9.39. The Morgan fingerprint density at radius 3 is 2.65 bits per heavy atom. The fourth-order valence-electron chi connectivity index (χ4n) is 5.09. The molecule has 9 heteroatoms. The minimum atomic E-state index is -4.35. The molecule has 0 bridgehead atoms. The number of rotatable bonds is 9. The molecule has 0 aromatic heterocycles. The number of allylic oxidation sites excluding steroid dienone is 2. The summed E-state index contributed by atoms with van der Waals surface area (Å²) in [5.41, 5.74) is 1.68. The lowest BCUT2D eigenvalue weighted by atomic mass is 9.88. The standard InChI is InChI=1S/C31H33F3N2O3S/c1-21-27(30(38)35-16-18-39-2)14-11-23-15-17-36(20-28(21)23)19-22-5-3-7-24(8-4-6-22)29(37)25-9-12-26(13-10-25)40-31(32,33)34/h7,9-14,17,20,22H,3-6,8,16,18-19H2,1-2H3,(H,35,38). The molecule has 212 valence electrons. The van der Waals surface area contributed by atoms with Crippen molar-refractivity contribution in [2.24, 2.45) is 5.92 Å². The first kappa shape index (κ1) is 29.7. The highest BCUT2D eigenvalue weighted by molar-refractivity contribution is 8.00. The van der Waals surface area contributed by atoms with Gasteiger partial charge >= 0.3 is 5.51 Å². The van der Waals surface area contributed by atoms with E-state index in [1.165, 1.54) is 24.3 Å². The minimum Gasteiger partial charge on any atom is -0.383 e. The molecular weight excluding hydrogens is 537 g/mol. The van der Waals surface area contributed by atoms with E-state index >= 15 is 0 Å². The number of Topliss-reactive ketones (excluding diaryl/α,β-unsaturated/α-hetero) is 1. The van der Waals surface area contributed by atoms with Crippen molar-refractivity contribution >= 4 is 35.4 Å². The number of amides is 1. The molecule has 0 spiro atoms. The van der Waals surface area contributed by atoms with Gasteiger partial charge in [0.15, 0.2) is 5.78 Å². The maximum atomic E-state index is 13.0. The average Bonchev–Trinajstić information content (AvgIpc) is 2.90. The number of ketones is 1. The van der Waals surface area contributed by atoms with E-state index in [-0.39, 0.29) is 28.3 Å². The highest BCUT2D eigenvalue weighted by Crippen LogP contribution is 2.37. The van der Waals surface area contributed by atoms with Crippen LogP contribution in [-0.4, -0.2) is 48.9 Å². The van der Waals surface area contributed by atoms with Crippen LogP contribution in [0.1, 0.15) is 58.4 Å². The van der Waals surface area contributed by atoms with Gasteiger partial charge in [-0.05, 0) is 104 Å². The third-order valence-corrected chi connectivity index (χ3v) is 7.91. The Kier molecular flexibility index (Phi) is 9.95. The van der Waals surface area contributed by atoms with E-state index in [1.807, 2.05) is 31.3 Å². The number of ether oxygens (including phenoxy) is 1. The van der Waals surface area contributed by atoms with E-state index in [1.54, 1.807) is 7.11 Å². The third kappa shape index (κ3) is 7.90.